The lowest BCUT2D eigenvalue weighted by atomic mass is 9.96. The summed E-state index contributed by atoms with van der Waals surface area (Å²) in [6, 6.07) is 39.8. The number of allylic oxidation sites excluding steroid dienone is 2. The van der Waals surface area contributed by atoms with Crippen molar-refractivity contribution < 1.29 is 0 Å². The summed E-state index contributed by atoms with van der Waals surface area (Å²) in [5, 5.41) is 0. The second-order valence-corrected chi connectivity index (χ2v) is 11.1. The zero-order chi connectivity index (χ0) is 28.9. The highest BCUT2D eigenvalue weighted by Gasteiger charge is 2.14. The Kier molecular flexibility index (Phi) is 8.36. The van der Waals surface area contributed by atoms with Crippen molar-refractivity contribution in [2.45, 2.75) is 41.5 Å². The van der Waals surface area contributed by atoms with Gasteiger partial charge in [0, 0.05) is 17.1 Å². The van der Waals surface area contributed by atoms with Crippen LogP contribution in [0.3, 0.4) is 0 Å². The van der Waals surface area contributed by atoms with Crippen molar-refractivity contribution in [2.24, 2.45) is 0 Å². The minimum absolute atomic E-state index is 1.14. The number of nitrogens with zero attached hydrogens (tertiary/aromatic N) is 1. The number of hydrogen-bond donors (Lipinski definition) is 0. The first-order chi connectivity index (χ1) is 19.8. The normalized spacial score (nSPS) is 11.1. The van der Waals surface area contributed by atoms with Gasteiger partial charge in [0.25, 0.3) is 0 Å². The molecule has 0 bridgehead atoms. The summed E-state index contributed by atoms with van der Waals surface area (Å²) in [5.74, 6) is 0. The zero-order valence-corrected chi connectivity index (χ0v) is 25.1. The Hall–Kier alpha value is -4.62. The summed E-state index contributed by atoms with van der Waals surface area (Å²) in [6.07, 6.45) is 6.57. The molecular weight excluding hydrogens is 494 g/mol. The molecule has 0 aliphatic carbocycles. The molecule has 1 heteroatoms. The van der Waals surface area contributed by atoms with Gasteiger partial charge in [-0.3, -0.25) is 0 Å². The minimum Gasteiger partial charge on any atom is -0.310 e. The van der Waals surface area contributed by atoms with Crippen LogP contribution in [0, 0.1) is 41.5 Å². The fourth-order valence-electron chi connectivity index (χ4n) is 4.99. The number of anilines is 3. The maximum atomic E-state index is 2.35. The Bertz CT molecular complexity index is 1600. The summed E-state index contributed by atoms with van der Waals surface area (Å²) in [6.45, 7) is 12.9. The van der Waals surface area contributed by atoms with E-state index in [2.05, 4.69) is 174 Å². The Morgan fingerprint density at radius 3 is 1.34 bits per heavy atom. The largest absolute Gasteiger partial charge is 0.310 e. The summed E-state index contributed by atoms with van der Waals surface area (Å²) in [4.78, 5) is 2.35. The van der Waals surface area contributed by atoms with Gasteiger partial charge in [0.2, 0.25) is 0 Å². The molecule has 0 N–H and O–H groups in total. The van der Waals surface area contributed by atoms with Gasteiger partial charge < -0.3 is 4.90 Å². The van der Waals surface area contributed by atoms with E-state index in [1.165, 1.54) is 61.5 Å². The van der Waals surface area contributed by atoms with Crippen molar-refractivity contribution in [1.29, 1.82) is 0 Å². The lowest BCUT2D eigenvalue weighted by molar-refractivity contribution is 1.23. The molecule has 0 aliphatic rings. The van der Waals surface area contributed by atoms with Gasteiger partial charge in [-0.25, -0.2) is 0 Å². The van der Waals surface area contributed by atoms with E-state index in [0.29, 0.717) is 0 Å². The van der Waals surface area contributed by atoms with Crippen LogP contribution in [0.5, 0.6) is 0 Å². The smallest absolute Gasteiger partial charge is 0.0464 e. The van der Waals surface area contributed by atoms with Gasteiger partial charge in [-0.05, 0) is 122 Å². The molecule has 5 rings (SSSR count). The molecule has 41 heavy (non-hydrogen) atoms. The molecule has 0 unspecified atom stereocenters. The van der Waals surface area contributed by atoms with E-state index in [9.17, 15) is 0 Å². The van der Waals surface area contributed by atoms with Gasteiger partial charge in [-0.2, -0.15) is 0 Å². The number of hydrogen-bond acceptors (Lipinski definition) is 1. The van der Waals surface area contributed by atoms with E-state index >= 15 is 0 Å². The molecule has 0 radical (unpaired) electrons. The van der Waals surface area contributed by atoms with E-state index in [1.54, 1.807) is 0 Å². The summed E-state index contributed by atoms with van der Waals surface area (Å²) in [5.41, 5.74) is 16.0. The lowest BCUT2D eigenvalue weighted by Gasteiger charge is -2.27. The molecule has 5 aromatic carbocycles. The van der Waals surface area contributed by atoms with Crippen molar-refractivity contribution in [3.63, 3.8) is 0 Å². The first-order valence-electron chi connectivity index (χ1n) is 14.4. The highest BCUT2D eigenvalue weighted by atomic mass is 15.1. The van der Waals surface area contributed by atoms with Gasteiger partial charge in [-0.15, -0.1) is 0 Å². The van der Waals surface area contributed by atoms with Crippen LogP contribution in [0.15, 0.2) is 121 Å². The Balaban J connectivity index is 1.47. The molecule has 204 valence electrons. The molecule has 0 heterocycles. The quantitative estimate of drug-likeness (QED) is 0.188. The molecule has 0 aliphatic heterocycles. The average molecular weight is 534 g/mol. The lowest BCUT2D eigenvalue weighted by Crippen LogP contribution is -2.10. The monoisotopic (exact) mass is 533 g/mol. The maximum Gasteiger partial charge on any atom is 0.0464 e. The first-order valence-corrected chi connectivity index (χ1v) is 14.4. The van der Waals surface area contributed by atoms with E-state index in [-0.39, 0.29) is 0 Å². The van der Waals surface area contributed by atoms with Crippen LogP contribution < -0.4 is 4.90 Å². The van der Waals surface area contributed by atoms with Crippen LogP contribution in [0.1, 0.15) is 50.1 Å². The van der Waals surface area contributed by atoms with Gasteiger partial charge >= 0.3 is 0 Å². The van der Waals surface area contributed by atoms with Crippen molar-refractivity contribution in [2.75, 3.05) is 4.90 Å². The van der Waals surface area contributed by atoms with Crippen molar-refractivity contribution >= 4 is 28.7 Å². The van der Waals surface area contributed by atoms with Crippen molar-refractivity contribution in [3.05, 3.63) is 171 Å². The first kappa shape index (κ1) is 27.9. The van der Waals surface area contributed by atoms with Crippen molar-refractivity contribution in [3.8, 4) is 0 Å². The van der Waals surface area contributed by atoms with Gasteiger partial charge in [0.15, 0.2) is 0 Å². The fraction of sp³-hybridized carbons (Fsp3) is 0.150. The van der Waals surface area contributed by atoms with E-state index in [4.69, 9.17) is 0 Å². The van der Waals surface area contributed by atoms with Crippen molar-refractivity contribution in [1.82, 2.24) is 0 Å². The average Bonchev–Trinajstić information content (AvgIpc) is 2.97. The second-order valence-electron chi connectivity index (χ2n) is 11.1. The zero-order valence-electron chi connectivity index (χ0n) is 25.1. The molecule has 0 saturated carbocycles. The molecule has 0 atom stereocenters. The molecule has 0 amide bonds. The maximum absolute atomic E-state index is 2.35. The van der Waals surface area contributed by atoms with Crippen LogP contribution in [0.2, 0.25) is 0 Å². The van der Waals surface area contributed by atoms with Crippen LogP contribution in [-0.2, 0) is 0 Å². The summed E-state index contributed by atoms with van der Waals surface area (Å²) in [7, 11) is 0. The predicted molar refractivity (Wildman–Crippen MR) is 179 cm³/mol. The molecule has 0 saturated heterocycles. The third-order valence-corrected chi connectivity index (χ3v) is 7.93. The minimum atomic E-state index is 1.14. The van der Waals surface area contributed by atoms with Crippen LogP contribution in [0.4, 0.5) is 17.1 Å². The number of rotatable bonds is 7. The number of aryl methyl sites for hydroxylation is 6. The van der Waals surface area contributed by atoms with E-state index in [1.807, 2.05) is 0 Å². The standard InChI is InChI=1S/C40H39N/c1-28-10-18-35(19-11-28)40(36-20-12-29(2)13-21-36)9-7-8-34-16-24-37(25-17-34)41(38-22-14-30(3)32(5)26-38)39-23-15-31(4)33(6)27-39/h7-27H,1-6H3. The molecule has 5 aromatic rings. The highest BCUT2D eigenvalue weighted by Crippen LogP contribution is 2.36. The molecular formula is C40H39N. The van der Waals surface area contributed by atoms with Gasteiger partial charge in [-0.1, -0.05) is 102 Å². The molecule has 0 aromatic heterocycles. The van der Waals surface area contributed by atoms with Gasteiger partial charge in [0.1, 0.15) is 0 Å². The van der Waals surface area contributed by atoms with Crippen LogP contribution in [-0.4, -0.2) is 0 Å². The van der Waals surface area contributed by atoms with Gasteiger partial charge in [0.05, 0.1) is 0 Å². The number of benzene rings is 5. The highest BCUT2D eigenvalue weighted by molar-refractivity contribution is 5.82. The van der Waals surface area contributed by atoms with E-state index in [0.717, 1.165) is 11.3 Å². The summed E-state index contributed by atoms with van der Waals surface area (Å²) < 4.78 is 0. The fourth-order valence-corrected chi connectivity index (χ4v) is 4.99. The molecule has 0 spiro atoms. The topological polar surface area (TPSA) is 3.24 Å². The van der Waals surface area contributed by atoms with Crippen LogP contribution >= 0.6 is 0 Å². The van der Waals surface area contributed by atoms with Crippen LogP contribution in [0.25, 0.3) is 11.6 Å². The Morgan fingerprint density at radius 2 is 0.902 bits per heavy atom. The third-order valence-electron chi connectivity index (χ3n) is 7.93. The third kappa shape index (κ3) is 6.58. The molecule has 1 nitrogen and oxygen atoms in total. The Morgan fingerprint density at radius 1 is 0.463 bits per heavy atom. The SMILES string of the molecule is Cc1ccc(C(=CC=Cc2ccc(N(c3ccc(C)c(C)c3)c3ccc(C)c(C)c3)cc2)c2ccc(C)cc2)cc1. The predicted octanol–water partition coefficient (Wildman–Crippen LogP) is 11.2. The second kappa shape index (κ2) is 12.3. The Labute approximate surface area is 246 Å². The summed E-state index contributed by atoms with van der Waals surface area (Å²) >= 11 is 0. The molecule has 0 fully saturated rings. The van der Waals surface area contributed by atoms with E-state index < -0.39 is 0 Å².